The molecule has 1 unspecified atom stereocenters. The number of para-hydroxylation sites is 1. The van der Waals surface area contributed by atoms with E-state index >= 15 is 0 Å². The zero-order valence-electron chi connectivity index (χ0n) is 11.4. The van der Waals surface area contributed by atoms with Crippen molar-refractivity contribution in [3.05, 3.63) is 29.3 Å². The van der Waals surface area contributed by atoms with E-state index in [2.05, 4.69) is 35.3 Å². The van der Waals surface area contributed by atoms with Crippen LogP contribution in [0.15, 0.2) is 18.2 Å². The number of nitrogens with one attached hydrogen (secondary N) is 1. The molecular formula is C16H24N2. The van der Waals surface area contributed by atoms with Crippen molar-refractivity contribution < 1.29 is 0 Å². The molecule has 0 saturated carbocycles. The third-order valence-corrected chi connectivity index (χ3v) is 4.50. The van der Waals surface area contributed by atoms with Crippen LogP contribution in [0, 0.1) is 0 Å². The van der Waals surface area contributed by atoms with Crippen molar-refractivity contribution in [3.8, 4) is 0 Å². The predicted octanol–water partition coefficient (Wildman–Crippen LogP) is 3.42. The average molecular weight is 244 g/mol. The van der Waals surface area contributed by atoms with E-state index < -0.39 is 0 Å². The van der Waals surface area contributed by atoms with Crippen molar-refractivity contribution in [2.75, 3.05) is 18.4 Å². The number of anilines is 1. The summed E-state index contributed by atoms with van der Waals surface area (Å²) in [5.74, 6) is 0. The molecule has 1 atom stereocenters. The standard InChI is InChI=1S/C16H24N2/c1-13-6-3-2-4-11-18(13)12-15-8-5-7-14-9-10-17-16(14)15/h5,7-8,13,17H,2-4,6,9-12H2,1H3. The van der Waals surface area contributed by atoms with Gasteiger partial charge in [-0.2, -0.15) is 0 Å². The van der Waals surface area contributed by atoms with E-state index in [1.54, 1.807) is 0 Å². The number of rotatable bonds is 2. The Balaban J connectivity index is 1.77. The lowest BCUT2D eigenvalue weighted by Crippen LogP contribution is -2.32. The molecule has 0 aliphatic carbocycles. The van der Waals surface area contributed by atoms with Gasteiger partial charge in [-0.15, -0.1) is 0 Å². The molecule has 2 nitrogen and oxygen atoms in total. The van der Waals surface area contributed by atoms with Gasteiger partial charge in [-0.3, -0.25) is 4.90 Å². The fourth-order valence-electron chi connectivity index (χ4n) is 3.33. The molecule has 2 heteroatoms. The minimum Gasteiger partial charge on any atom is -0.384 e. The molecule has 3 rings (SSSR count). The number of fused-ring (bicyclic) bond motifs is 1. The predicted molar refractivity (Wildman–Crippen MR) is 77.0 cm³/mol. The Labute approximate surface area is 110 Å². The van der Waals surface area contributed by atoms with Crippen LogP contribution in [0.1, 0.15) is 43.7 Å². The number of likely N-dealkylation sites (tertiary alicyclic amines) is 1. The lowest BCUT2D eigenvalue weighted by molar-refractivity contribution is 0.205. The van der Waals surface area contributed by atoms with Gasteiger partial charge in [-0.1, -0.05) is 31.0 Å². The van der Waals surface area contributed by atoms with E-state index in [0.29, 0.717) is 0 Å². The van der Waals surface area contributed by atoms with Gasteiger partial charge in [0.25, 0.3) is 0 Å². The minimum atomic E-state index is 0.741. The SMILES string of the molecule is CC1CCCCCN1Cc1cccc2c1NCC2. The molecule has 0 bridgehead atoms. The Morgan fingerprint density at radius 1 is 1.28 bits per heavy atom. The van der Waals surface area contributed by atoms with E-state index in [1.165, 1.54) is 55.5 Å². The molecule has 2 aliphatic rings. The average Bonchev–Trinajstić information content (AvgIpc) is 2.77. The summed E-state index contributed by atoms with van der Waals surface area (Å²) in [5.41, 5.74) is 4.43. The summed E-state index contributed by atoms with van der Waals surface area (Å²) < 4.78 is 0. The molecule has 1 saturated heterocycles. The molecule has 98 valence electrons. The number of hydrogen-bond donors (Lipinski definition) is 1. The van der Waals surface area contributed by atoms with Gasteiger partial charge >= 0.3 is 0 Å². The molecule has 0 spiro atoms. The van der Waals surface area contributed by atoms with Crippen LogP contribution in [0.3, 0.4) is 0 Å². The molecule has 0 aromatic heterocycles. The van der Waals surface area contributed by atoms with Crippen LogP contribution < -0.4 is 5.32 Å². The highest BCUT2D eigenvalue weighted by Crippen LogP contribution is 2.29. The lowest BCUT2D eigenvalue weighted by Gasteiger charge is -2.27. The maximum Gasteiger partial charge on any atom is 0.0419 e. The molecule has 0 radical (unpaired) electrons. The minimum absolute atomic E-state index is 0.741. The van der Waals surface area contributed by atoms with Gasteiger partial charge in [0.05, 0.1) is 0 Å². The van der Waals surface area contributed by atoms with Gasteiger partial charge in [0.15, 0.2) is 0 Å². The summed E-state index contributed by atoms with van der Waals surface area (Å²) in [5, 5.41) is 3.56. The molecule has 1 fully saturated rings. The van der Waals surface area contributed by atoms with Gasteiger partial charge in [0.2, 0.25) is 0 Å². The van der Waals surface area contributed by atoms with E-state index in [-0.39, 0.29) is 0 Å². The summed E-state index contributed by atoms with van der Waals surface area (Å²) in [6.45, 7) is 5.89. The van der Waals surface area contributed by atoms with Crippen molar-refractivity contribution >= 4 is 5.69 Å². The van der Waals surface area contributed by atoms with Gasteiger partial charge in [0.1, 0.15) is 0 Å². The van der Waals surface area contributed by atoms with E-state index in [4.69, 9.17) is 0 Å². The van der Waals surface area contributed by atoms with Crippen LogP contribution in [-0.2, 0) is 13.0 Å². The molecule has 1 aromatic rings. The van der Waals surface area contributed by atoms with Crippen LogP contribution in [0.25, 0.3) is 0 Å². The maximum atomic E-state index is 3.56. The highest BCUT2D eigenvalue weighted by Gasteiger charge is 2.20. The zero-order chi connectivity index (χ0) is 12.4. The first-order valence-corrected chi connectivity index (χ1v) is 7.43. The fourth-order valence-corrected chi connectivity index (χ4v) is 3.33. The third kappa shape index (κ3) is 2.39. The summed E-state index contributed by atoms with van der Waals surface area (Å²) >= 11 is 0. The quantitative estimate of drug-likeness (QED) is 0.857. The molecule has 1 N–H and O–H groups in total. The lowest BCUT2D eigenvalue weighted by atomic mass is 10.1. The smallest absolute Gasteiger partial charge is 0.0419 e. The largest absolute Gasteiger partial charge is 0.384 e. The molecule has 0 amide bonds. The second-order valence-corrected chi connectivity index (χ2v) is 5.80. The first-order chi connectivity index (χ1) is 8.84. The Bertz CT molecular complexity index is 414. The topological polar surface area (TPSA) is 15.3 Å². The second kappa shape index (κ2) is 5.31. The van der Waals surface area contributed by atoms with Crippen molar-refractivity contribution in [1.29, 1.82) is 0 Å². The first kappa shape index (κ1) is 12.0. The van der Waals surface area contributed by atoms with Gasteiger partial charge in [-0.25, -0.2) is 0 Å². The van der Waals surface area contributed by atoms with Crippen molar-refractivity contribution in [2.45, 2.75) is 51.6 Å². The second-order valence-electron chi connectivity index (χ2n) is 5.80. The summed E-state index contributed by atoms with van der Waals surface area (Å²) in [7, 11) is 0. The molecule has 18 heavy (non-hydrogen) atoms. The highest BCUT2D eigenvalue weighted by atomic mass is 15.1. The Kier molecular flexibility index (Phi) is 3.55. The molecule has 2 heterocycles. The highest BCUT2D eigenvalue weighted by molar-refractivity contribution is 5.61. The number of hydrogen-bond acceptors (Lipinski definition) is 2. The van der Waals surface area contributed by atoms with E-state index in [9.17, 15) is 0 Å². The van der Waals surface area contributed by atoms with Crippen molar-refractivity contribution in [1.82, 2.24) is 4.90 Å². The normalized spacial score (nSPS) is 24.4. The fraction of sp³-hybridized carbons (Fsp3) is 0.625. The zero-order valence-corrected chi connectivity index (χ0v) is 11.4. The first-order valence-electron chi connectivity index (χ1n) is 7.43. The Morgan fingerprint density at radius 2 is 2.22 bits per heavy atom. The summed E-state index contributed by atoms with van der Waals surface area (Å²) in [6, 6.07) is 7.54. The van der Waals surface area contributed by atoms with Crippen LogP contribution in [0.4, 0.5) is 5.69 Å². The van der Waals surface area contributed by atoms with Crippen LogP contribution in [-0.4, -0.2) is 24.0 Å². The Hall–Kier alpha value is -1.02. The van der Waals surface area contributed by atoms with Gasteiger partial charge in [0, 0.05) is 24.8 Å². The van der Waals surface area contributed by atoms with Crippen LogP contribution >= 0.6 is 0 Å². The summed E-state index contributed by atoms with van der Waals surface area (Å²) in [6.07, 6.45) is 6.74. The van der Waals surface area contributed by atoms with Gasteiger partial charge < -0.3 is 5.32 Å². The molecule has 1 aromatic carbocycles. The van der Waals surface area contributed by atoms with E-state index in [0.717, 1.165) is 19.1 Å². The van der Waals surface area contributed by atoms with Gasteiger partial charge in [-0.05, 0) is 43.9 Å². The Morgan fingerprint density at radius 3 is 3.17 bits per heavy atom. The van der Waals surface area contributed by atoms with Crippen LogP contribution in [0.5, 0.6) is 0 Å². The van der Waals surface area contributed by atoms with E-state index in [1.807, 2.05) is 0 Å². The van der Waals surface area contributed by atoms with Crippen LogP contribution in [0.2, 0.25) is 0 Å². The number of benzene rings is 1. The van der Waals surface area contributed by atoms with Crippen molar-refractivity contribution in [3.63, 3.8) is 0 Å². The third-order valence-electron chi connectivity index (χ3n) is 4.50. The molecule has 2 aliphatic heterocycles. The van der Waals surface area contributed by atoms with Crippen molar-refractivity contribution in [2.24, 2.45) is 0 Å². The molecular weight excluding hydrogens is 220 g/mol. The monoisotopic (exact) mass is 244 g/mol. The maximum absolute atomic E-state index is 3.56. The number of nitrogens with zero attached hydrogens (tertiary/aromatic N) is 1. The summed E-state index contributed by atoms with van der Waals surface area (Å²) in [4.78, 5) is 2.67.